The van der Waals surface area contributed by atoms with Crippen molar-refractivity contribution in [3.05, 3.63) is 45.6 Å². The molecule has 1 fully saturated rings. The Morgan fingerprint density at radius 1 is 1.36 bits per heavy atom. The minimum atomic E-state index is -0.231. The summed E-state index contributed by atoms with van der Waals surface area (Å²) in [7, 11) is 0. The molecule has 0 saturated heterocycles. The van der Waals surface area contributed by atoms with Gasteiger partial charge in [0.1, 0.15) is 5.75 Å². The van der Waals surface area contributed by atoms with E-state index < -0.39 is 0 Å². The van der Waals surface area contributed by atoms with Crippen LogP contribution < -0.4 is 10.1 Å². The number of hydrogen-bond acceptors (Lipinski definition) is 6. The van der Waals surface area contributed by atoms with Gasteiger partial charge in [-0.05, 0) is 56.5 Å². The monoisotopic (exact) mass is 417 g/mol. The highest BCUT2D eigenvalue weighted by Gasteiger charge is 2.26. The van der Waals surface area contributed by atoms with E-state index in [1.54, 1.807) is 18.2 Å². The van der Waals surface area contributed by atoms with Gasteiger partial charge in [-0.25, -0.2) is 0 Å². The van der Waals surface area contributed by atoms with Crippen LogP contribution in [0.25, 0.3) is 10.7 Å². The number of aromatic nitrogens is 2. The lowest BCUT2D eigenvalue weighted by Crippen LogP contribution is -2.20. The molecule has 0 unspecified atom stereocenters. The van der Waals surface area contributed by atoms with E-state index >= 15 is 0 Å². The molecule has 4 rings (SSSR count). The van der Waals surface area contributed by atoms with Crippen LogP contribution in [0.15, 0.2) is 28.8 Å². The summed E-state index contributed by atoms with van der Waals surface area (Å²) in [5, 5.41) is 7.62. The third kappa shape index (κ3) is 4.05. The first-order valence-corrected chi connectivity index (χ1v) is 10.3. The van der Waals surface area contributed by atoms with Gasteiger partial charge in [-0.3, -0.25) is 4.79 Å². The summed E-state index contributed by atoms with van der Waals surface area (Å²) in [6.45, 7) is 3.75. The van der Waals surface area contributed by atoms with Crippen molar-refractivity contribution < 1.29 is 14.1 Å². The number of rotatable bonds is 6. The first-order chi connectivity index (χ1) is 13.5. The van der Waals surface area contributed by atoms with Gasteiger partial charge in [0.15, 0.2) is 6.61 Å². The summed E-state index contributed by atoms with van der Waals surface area (Å²) in [6, 6.07) is 7.17. The number of hydrogen-bond donors (Lipinski definition) is 1. The molecule has 1 aliphatic rings. The molecular weight excluding hydrogens is 398 g/mol. The van der Waals surface area contributed by atoms with E-state index in [2.05, 4.69) is 15.5 Å². The standard InChI is InChI=1S/C20H20ClN3O3S/c1-11-8-14(21)6-7-16(11)26-10-18(25)22-15-9-17(28-12(15)2)19-23-20(27-24-19)13-4-3-5-13/h6-9,13H,3-5,10H2,1-2H3,(H,22,25). The van der Waals surface area contributed by atoms with Crippen molar-refractivity contribution in [2.24, 2.45) is 0 Å². The molecule has 1 amide bonds. The first-order valence-electron chi connectivity index (χ1n) is 9.13. The van der Waals surface area contributed by atoms with Crippen LogP contribution in [0.3, 0.4) is 0 Å². The molecule has 0 bridgehead atoms. The van der Waals surface area contributed by atoms with Crippen molar-refractivity contribution in [3.8, 4) is 16.5 Å². The number of thiophene rings is 1. The van der Waals surface area contributed by atoms with Crippen molar-refractivity contribution in [1.29, 1.82) is 0 Å². The van der Waals surface area contributed by atoms with Crippen molar-refractivity contribution in [3.63, 3.8) is 0 Å². The molecule has 146 valence electrons. The van der Waals surface area contributed by atoms with E-state index in [1.165, 1.54) is 17.8 Å². The summed E-state index contributed by atoms with van der Waals surface area (Å²) < 4.78 is 11.0. The number of aryl methyl sites for hydroxylation is 2. The molecule has 0 radical (unpaired) electrons. The lowest BCUT2D eigenvalue weighted by Gasteiger charge is -2.20. The number of nitrogens with one attached hydrogen (secondary N) is 1. The Morgan fingerprint density at radius 2 is 2.18 bits per heavy atom. The lowest BCUT2D eigenvalue weighted by molar-refractivity contribution is -0.118. The Balaban J connectivity index is 1.39. The highest BCUT2D eigenvalue weighted by atomic mass is 35.5. The van der Waals surface area contributed by atoms with Crippen LogP contribution in [0, 0.1) is 13.8 Å². The minimum Gasteiger partial charge on any atom is -0.483 e. The number of carbonyl (C=O) groups is 1. The number of benzene rings is 1. The molecule has 1 N–H and O–H groups in total. The van der Waals surface area contributed by atoms with E-state index in [-0.39, 0.29) is 12.5 Å². The highest BCUT2D eigenvalue weighted by molar-refractivity contribution is 7.16. The summed E-state index contributed by atoms with van der Waals surface area (Å²) >= 11 is 7.46. The molecular formula is C20H20ClN3O3S. The maximum absolute atomic E-state index is 12.3. The predicted molar refractivity (Wildman–Crippen MR) is 109 cm³/mol. The molecule has 0 spiro atoms. The highest BCUT2D eigenvalue weighted by Crippen LogP contribution is 2.38. The first kappa shape index (κ1) is 19.0. The Bertz CT molecular complexity index is 1010. The Labute approximate surface area is 171 Å². The predicted octanol–water partition coefficient (Wildman–Crippen LogP) is 5.35. The fourth-order valence-electron chi connectivity index (χ4n) is 2.98. The maximum Gasteiger partial charge on any atom is 0.262 e. The maximum atomic E-state index is 12.3. The fraction of sp³-hybridized carbons (Fsp3) is 0.350. The number of anilines is 1. The Hall–Kier alpha value is -2.38. The Morgan fingerprint density at radius 3 is 2.89 bits per heavy atom. The third-order valence-corrected chi connectivity index (χ3v) is 6.09. The topological polar surface area (TPSA) is 77.2 Å². The molecule has 2 heterocycles. The lowest BCUT2D eigenvalue weighted by atomic mass is 9.85. The zero-order valence-corrected chi connectivity index (χ0v) is 17.2. The van der Waals surface area contributed by atoms with Crippen molar-refractivity contribution in [1.82, 2.24) is 10.1 Å². The van der Waals surface area contributed by atoms with E-state index in [4.69, 9.17) is 20.9 Å². The van der Waals surface area contributed by atoms with E-state index in [9.17, 15) is 4.79 Å². The van der Waals surface area contributed by atoms with E-state index in [1.807, 2.05) is 19.9 Å². The number of nitrogens with zero attached hydrogens (tertiary/aromatic N) is 2. The van der Waals surface area contributed by atoms with Crippen LogP contribution in [-0.2, 0) is 4.79 Å². The van der Waals surface area contributed by atoms with Gasteiger partial charge in [-0.1, -0.05) is 23.2 Å². The van der Waals surface area contributed by atoms with Crippen LogP contribution in [0.2, 0.25) is 5.02 Å². The molecule has 2 aromatic heterocycles. The van der Waals surface area contributed by atoms with Crippen molar-refractivity contribution >= 4 is 34.5 Å². The van der Waals surface area contributed by atoms with Gasteiger partial charge in [0, 0.05) is 15.8 Å². The van der Waals surface area contributed by atoms with E-state index in [0.717, 1.165) is 33.8 Å². The van der Waals surface area contributed by atoms with Gasteiger partial charge in [0.25, 0.3) is 5.91 Å². The normalized spacial score (nSPS) is 14.0. The second-order valence-electron chi connectivity index (χ2n) is 6.91. The second-order valence-corrected chi connectivity index (χ2v) is 8.60. The van der Waals surface area contributed by atoms with Crippen LogP contribution in [0.5, 0.6) is 5.75 Å². The average Bonchev–Trinajstić information content (AvgIpc) is 3.20. The molecule has 8 heteroatoms. The van der Waals surface area contributed by atoms with Crippen LogP contribution in [0.1, 0.15) is 41.5 Å². The summed E-state index contributed by atoms with van der Waals surface area (Å²) in [5.74, 6) is 2.09. The molecule has 3 aromatic rings. The summed E-state index contributed by atoms with van der Waals surface area (Å²) in [4.78, 5) is 18.7. The number of halogens is 1. The smallest absolute Gasteiger partial charge is 0.262 e. The summed E-state index contributed by atoms with van der Waals surface area (Å²) in [5.41, 5.74) is 1.62. The van der Waals surface area contributed by atoms with Gasteiger partial charge < -0.3 is 14.6 Å². The van der Waals surface area contributed by atoms with Crippen LogP contribution in [0.4, 0.5) is 5.69 Å². The third-order valence-electron chi connectivity index (χ3n) is 4.80. The van der Waals surface area contributed by atoms with E-state index in [0.29, 0.717) is 28.4 Å². The second kappa shape index (κ2) is 7.93. The van der Waals surface area contributed by atoms with Gasteiger partial charge in [-0.15, -0.1) is 11.3 Å². The molecule has 6 nitrogen and oxygen atoms in total. The molecule has 0 atom stereocenters. The zero-order valence-electron chi connectivity index (χ0n) is 15.6. The number of ether oxygens (including phenoxy) is 1. The van der Waals surface area contributed by atoms with Crippen molar-refractivity contribution in [2.45, 2.75) is 39.0 Å². The number of amides is 1. The fourth-order valence-corrected chi connectivity index (χ4v) is 4.10. The van der Waals surface area contributed by atoms with Crippen LogP contribution in [-0.4, -0.2) is 22.7 Å². The SMILES string of the molecule is Cc1cc(Cl)ccc1OCC(=O)Nc1cc(-c2noc(C3CCC3)n2)sc1C. The quantitative estimate of drug-likeness (QED) is 0.584. The average molecular weight is 418 g/mol. The summed E-state index contributed by atoms with van der Waals surface area (Å²) in [6.07, 6.45) is 3.44. The van der Waals surface area contributed by atoms with Gasteiger partial charge in [-0.2, -0.15) is 4.98 Å². The Kier molecular flexibility index (Phi) is 5.37. The van der Waals surface area contributed by atoms with Crippen LogP contribution >= 0.6 is 22.9 Å². The minimum absolute atomic E-state index is 0.0822. The zero-order chi connectivity index (χ0) is 19.7. The van der Waals surface area contributed by atoms with Crippen molar-refractivity contribution in [2.75, 3.05) is 11.9 Å². The van der Waals surface area contributed by atoms with Gasteiger partial charge in [0.2, 0.25) is 11.7 Å². The molecule has 0 aliphatic heterocycles. The molecule has 1 saturated carbocycles. The molecule has 1 aliphatic carbocycles. The largest absolute Gasteiger partial charge is 0.483 e. The number of carbonyl (C=O) groups excluding carboxylic acids is 1. The molecule has 28 heavy (non-hydrogen) atoms. The van der Waals surface area contributed by atoms with Gasteiger partial charge >= 0.3 is 0 Å². The molecule has 1 aromatic carbocycles. The van der Waals surface area contributed by atoms with Gasteiger partial charge in [0.05, 0.1) is 10.6 Å².